The molecule has 0 N–H and O–H groups in total. The molecular formula is C11H12N2O. The van der Waals surface area contributed by atoms with Gasteiger partial charge in [0, 0.05) is 18.9 Å². The van der Waals surface area contributed by atoms with Crippen molar-refractivity contribution in [2.45, 2.75) is 13.8 Å². The minimum Gasteiger partial charge on any atom is -0.348 e. The van der Waals surface area contributed by atoms with Crippen molar-refractivity contribution in [2.24, 2.45) is 7.05 Å². The Balaban J connectivity index is 2.96. The molecule has 0 aliphatic rings. The van der Waals surface area contributed by atoms with Crippen molar-refractivity contribution in [2.75, 3.05) is 0 Å². The van der Waals surface area contributed by atoms with Gasteiger partial charge in [0.1, 0.15) is 0 Å². The van der Waals surface area contributed by atoms with Crippen LogP contribution in [-0.2, 0) is 7.05 Å². The van der Waals surface area contributed by atoms with Crippen LogP contribution >= 0.6 is 0 Å². The molecule has 2 aromatic heterocycles. The number of pyridine rings is 1. The Hall–Kier alpha value is -1.64. The molecule has 2 heterocycles. The Morgan fingerprint density at radius 3 is 2.79 bits per heavy atom. The molecule has 0 atom stereocenters. The number of aldehydes is 1. The van der Waals surface area contributed by atoms with Gasteiger partial charge in [-0.25, -0.2) is 0 Å². The van der Waals surface area contributed by atoms with Crippen LogP contribution in [0.25, 0.3) is 11.0 Å². The Morgan fingerprint density at radius 1 is 1.43 bits per heavy atom. The van der Waals surface area contributed by atoms with E-state index in [-0.39, 0.29) is 0 Å². The molecule has 0 saturated carbocycles. The standard InChI is InChI=1S/C11H12N2O/c1-7-4-8(2)12-10-9(6-14)5-13(3)11(7)10/h4-6H,1-3H3. The molecule has 0 aromatic carbocycles. The molecule has 0 spiro atoms. The van der Waals surface area contributed by atoms with Crippen LogP contribution in [0.1, 0.15) is 21.6 Å². The second kappa shape index (κ2) is 2.94. The van der Waals surface area contributed by atoms with E-state index in [0.29, 0.717) is 5.56 Å². The summed E-state index contributed by atoms with van der Waals surface area (Å²) in [6.45, 7) is 3.97. The van der Waals surface area contributed by atoms with E-state index in [2.05, 4.69) is 4.98 Å². The monoisotopic (exact) mass is 188 g/mol. The molecule has 0 saturated heterocycles. The lowest BCUT2D eigenvalue weighted by Gasteiger charge is -2.01. The zero-order chi connectivity index (χ0) is 10.3. The van der Waals surface area contributed by atoms with Crippen LogP contribution in [0.3, 0.4) is 0 Å². The van der Waals surface area contributed by atoms with E-state index in [4.69, 9.17) is 0 Å². The SMILES string of the molecule is Cc1cc(C)c2c(n1)c(C=O)cn2C. The van der Waals surface area contributed by atoms with Crippen molar-refractivity contribution in [3.63, 3.8) is 0 Å². The molecule has 2 aromatic rings. The number of aryl methyl sites for hydroxylation is 3. The summed E-state index contributed by atoms with van der Waals surface area (Å²) in [6, 6.07) is 2.02. The van der Waals surface area contributed by atoms with Crippen molar-refractivity contribution in [3.8, 4) is 0 Å². The molecular weight excluding hydrogens is 176 g/mol. The first-order chi connectivity index (χ1) is 6.63. The lowest BCUT2D eigenvalue weighted by Crippen LogP contribution is -1.90. The second-order valence-corrected chi connectivity index (χ2v) is 3.59. The molecule has 0 fully saturated rings. The summed E-state index contributed by atoms with van der Waals surface area (Å²) < 4.78 is 1.95. The van der Waals surface area contributed by atoms with Gasteiger partial charge in [-0.15, -0.1) is 0 Å². The minimum absolute atomic E-state index is 0.661. The topological polar surface area (TPSA) is 34.9 Å². The van der Waals surface area contributed by atoms with Crippen LogP contribution in [0.2, 0.25) is 0 Å². The Morgan fingerprint density at radius 2 is 2.14 bits per heavy atom. The molecule has 3 heteroatoms. The average molecular weight is 188 g/mol. The normalized spacial score (nSPS) is 10.8. The van der Waals surface area contributed by atoms with E-state index in [1.54, 1.807) is 0 Å². The van der Waals surface area contributed by atoms with Gasteiger partial charge in [-0.3, -0.25) is 9.78 Å². The van der Waals surface area contributed by atoms with Gasteiger partial charge in [0.2, 0.25) is 0 Å². The molecule has 72 valence electrons. The number of fused-ring (bicyclic) bond motifs is 1. The fraction of sp³-hybridized carbons (Fsp3) is 0.273. The van der Waals surface area contributed by atoms with E-state index < -0.39 is 0 Å². The van der Waals surface area contributed by atoms with Gasteiger partial charge in [-0.2, -0.15) is 0 Å². The van der Waals surface area contributed by atoms with Gasteiger partial charge >= 0.3 is 0 Å². The van der Waals surface area contributed by atoms with E-state index in [1.807, 2.05) is 37.7 Å². The molecule has 3 nitrogen and oxygen atoms in total. The van der Waals surface area contributed by atoms with Crippen LogP contribution in [0, 0.1) is 13.8 Å². The highest BCUT2D eigenvalue weighted by molar-refractivity contribution is 5.96. The first-order valence-corrected chi connectivity index (χ1v) is 4.52. The Bertz CT molecular complexity index is 511. The molecule has 0 bridgehead atoms. The van der Waals surface area contributed by atoms with E-state index in [1.165, 1.54) is 0 Å². The van der Waals surface area contributed by atoms with Gasteiger partial charge in [-0.05, 0) is 25.5 Å². The third kappa shape index (κ3) is 1.13. The summed E-state index contributed by atoms with van der Waals surface area (Å²) in [4.78, 5) is 15.2. The highest BCUT2D eigenvalue weighted by Gasteiger charge is 2.09. The highest BCUT2D eigenvalue weighted by atomic mass is 16.1. The summed E-state index contributed by atoms with van der Waals surface area (Å²) in [5.74, 6) is 0. The molecule has 0 aliphatic carbocycles. The summed E-state index contributed by atoms with van der Waals surface area (Å²) in [7, 11) is 1.93. The lowest BCUT2D eigenvalue weighted by atomic mass is 10.2. The van der Waals surface area contributed by atoms with Crippen molar-refractivity contribution >= 4 is 17.3 Å². The predicted octanol–water partition coefficient (Wildman–Crippen LogP) is 2.00. The fourth-order valence-corrected chi connectivity index (χ4v) is 1.90. The third-order valence-electron chi connectivity index (χ3n) is 2.40. The largest absolute Gasteiger partial charge is 0.348 e. The van der Waals surface area contributed by atoms with E-state index >= 15 is 0 Å². The molecule has 0 radical (unpaired) electrons. The molecule has 0 aliphatic heterocycles. The quantitative estimate of drug-likeness (QED) is 0.641. The number of hydrogen-bond donors (Lipinski definition) is 0. The second-order valence-electron chi connectivity index (χ2n) is 3.59. The fourth-order valence-electron chi connectivity index (χ4n) is 1.90. The molecule has 0 amide bonds. The number of carbonyl (C=O) groups is 1. The van der Waals surface area contributed by atoms with Gasteiger partial charge in [0.25, 0.3) is 0 Å². The zero-order valence-corrected chi connectivity index (χ0v) is 8.53. The summed E-state index contributed by atoms with van der Waals surface area (Å²) >= 11 is 0. The Labute approximate surface area is 82.4 Å². The number of nitrogens with zero attached hydrogens (tertiary/aromatic N) is 2. The zero-order valence-electron chi connectivity index (χ0n) is 8.53. The molecule has 0 unspecified atom stereocenters. The minimum atomic E-state index is 0.661. The van der Waals surface area contributed by atoms with Gasteiger partial charge in [0.05, 0.1) is 16.6 Å². The van der Waals surface area contributed by atoms with Gasteiger partial charge in [0.15, 0.2) is 6.29 Å². The maximum Gasteiger partial charge on any atom is 0.153 e. The number of rotatable bonds is 1. The average Bonchev–Trinajstić information content (AvgIpc) is 2.42. The molecule has 2 rings (SSSR count). The third-order valence-corrected chi connectivity index (χ3v) is 2.40. The summed E-state index contributed by atoms with van der Waals surface area (Å²) in [5.41, 5.74) is 4.61. The van der Waals surface area contributed by atoms with E-state index in [0.717, 1.165) is 28.6 Å². The summed E-state index contributed by atoms with van der Waals surface area (Å²) in [6.07, 6.45) is 2.67. The smallest absolute Gasteiger partial charge is 0.153 e. The van der Waals surface area contributed by atoms with Crippen LogP contribution in [0.15, 0.2) is 12.3 Å². The van der Waals surface area contributed by atoms with Crippen molar-refractivity contribution < 1.29 is 4.79 Å². The van der Waals surface area contributed by atoms with Crippen molar-refractivity contribution in [1.82, 2.24) is 9.55 Å². The highest BCUT2D eigenvalue weighted by Crippen LogP contribution is 2.21. The van der Waals surface area contributed by atoms with Crippen molar-refractivity contribution in [3.05, 3.63) is 29.1 Å². The van der Waals surface area contributed by atoms with Crippen LogP contribution in [0.5, 0.6) is 0 Å². The maximum absolute atomic E-state index is 10.8. The number of hydrogen-bond acceptors (Lipinski definition) is 2. The lowest BCUT2D eigenvalue weighted by molar-refractivity contribution is 0.112. The molecule has 14 heavy (non-hydrogen) atoms. The predicted molar refractivity (Wildman–Crippen MR) is 55.6 cm³/mol. The first kappa shape index (κ1) is 8.94. The number of aromatic nitrogens is 2. The maximum atomic E-state index is 10.8. The van der Waals surface area contributed by atoms with Gasteiger partial charge in [-0.1, -0.05) is 0 Å². The number of carbonyl (C=O) groups excluding carboxylic acids is 1. The van der Waals surface area contributed by atoms with Gasteiger partial charge < -0.3 is 4.57 Å². The van der Waals surface area contributed by atoms with Crippen LogP contribution in [0.4, 0.5) is 0 Å². The van der Waals surface area contributed by atoms with Crippen molar-refractivity contribution in [1.29, 1.82) is 0 Å². The van der Waals surface area contributed by atoms with E-state index in [9.17, 15) is 4.79 Å². The first-order valence-electron chi connectivity index (χ1n) is 4.52. The van der Waals surface area contributed by atoms with Crippen LogP contribution in [-0.4, -0.2) is 15.8 Å². The summed E-state index contributed by atoms with van der Waals surface area (Å²) in [5, 5.41) is 0. The Kier molecular flexibility index (Phi) is 1.88. The van der Waals surface area contributed by atoms with Crippen LogP contribution < -0.4 is 0 Å².